The topological polar surface area (TPSA) is 9.23 Å². The van der Waals surface area contributed by atoms with Crippen molar-refractivity contribution in [2.75, 3.05) is 0 Å². The molecule has 0 aromatic heterocycles. The van der Waals surface area contributed by atoms with Gasteiger partial charge in [-0.25, -0.2) is 0 Å². The molecule has 0 saturated carbocycles. The van der Waals surface area contributed by atoms with Gasteiger partial charge in [-0.15, -0.1) is 0 Å². The average molecular weight is 120 g/mol. The minimum absolute atomic E-state index is 0.443. The molecule has 1 unspecified atom stereocenters. The second kappa shape index (κ2) is 1.76. The third-order valence-corrected chi connectivity index (χ3v) is 1.62. The zero-order valence-corrected chi connectivity index (χ0v) is 5.08. The van der Waals surface area contributed by atoms with E-state index in [4.69, 9.17) is 4.74 Å². The van der Waals surface area contributed by atoms with Crippen LogP contribution in [0, 0.1) is 5.92 Å². The average Bonchev–Trinajstić information content (AvgIpc) is 2.33. The first-order valence-corrected chi connectivity index (χ1v) is 3.17. The van der Waals surface area contributed by atoms with Crippen LogP contribution in [0.3, 0.4) is 0 Å². The SMILES string of the molecule is C1=CC2C=COC2=CC1. The van der Waals surface area contributed by atoms with Crippen molar-refractivity contribution in [3.8, 4) is 0 Å². The summed E-state index contributed by atoms with van der Waals surface area (Å²) >= 11 is 0. The Morgan fingerprint density at radius 1 is 1.44 bits per heavy atom. The van der Waals surface area contributed by atoms with Gasteiger partial charge in [0.15, 0.2) is 0 Å². The highest BCUT2D eigenvalue weighted by atomic mass is 16.5. The standard InChI is InChI=1S/C8H8O/c1-2-4-8-7(3-1)5-6-9-8/h1,3-7H,2H2. The van der Waals surface area contributed by atoms with Gasteiger partial charge in [-0.3, -0.25) is 0 Å². The molecule has 1 heterocycles. The van der Waals surface area contributed by atoms with E-state index in [1.165, 1.54) is 0 Å². The normalized spacial score (nSPS) is 29.3. The molecular weight excluding hydrogens is 112 g/mol. The molecule has 0 fully saturated rings. The fourth-order valence-electron chi connectivity index (χ4n) is 1.13. The summed E-state index contributed by atoms with van der Waals surface area (Å²) in [7, 11) is 0. The van der Waals surface area contributed by atoms with Gasteiger partial charge < -0.3 is 4.74 Å². The van der Waals surface area contributed by atoms with Gasteiger partial charge in [-0.1, -0.05) is 12.2 Å². The number of rotatable bonds is 0. The Balaban J connectivity index is 2.29. The third kappa shape index (κ3) is 0.689. The smallest absolute Gasteiger partial charge is 0.110 e. The van der Waals surface area contributed by atoms with Gasteiger partial charge in [0.25, 0.3) is 0 Å². The number of fused-ring (bicyclic) bond motifs is 1. The van der Waals surface area contributed by atoms with E-state index >= 15 is 0 Å². The fourth-order valence-corrected chi connectivity index (χ4v) is 1.13. The Labute approximate surface area is 54.3 Å². The Hall–Kier alpha value is -0.980. The second-order valence-corrected chi connectivity index (χ2v) is 2.24. The summed E-state index contributed by atoms with van der Waals surface area (Å²) in [6.07, 6.45) is 11.3. The molecule has 1 heteroatoms. The van der Waals surface area contributed by atoms with Crippen LogP contribution >= 0.6 is 0 Å². The highest BCUT2D eigenvalue weighted by Crippen LogP contribution is 2.26. The Morgan fingerprint density at radius 2 is 2.44 bits per heavy atom. The van der Waals surface area contributed by atoms with Crippen LogP contribution in [-0.2, 0) is 4.74 Å². The Bertz CT molecular complexity index is 199. The first-order valence-electron chi connectivity index (χ1n) is 3.17. The van der Waals surface area contributed by atoms with E-state index in [-0.39, 0.29) is 0 Å². The summed E-state index contributed by atoms with van der Waals surface area (Å²) in [5.41, 5.74) is 0. The fraction of sp³-hybridized carbons (Fsp3) is 0.250. The Morgan fingerprint density at radius 3 is 3.33 bits per heavy atom. The van der Waals surface area contributed by atoms with Gasteiger partial charge in [-0.05, 0) is 18.6 Å². The predicted octanol–water partition coefficient (Wildman–Crippen LogP) is 1.99. The van der Waals surface area contributed by atoms with Crippen molar-refractivity contribution in [2.45, 2.75) is 6.42 Å². The maximum atomic E-state index is 5.19. The lowest BCUT2D eigenvalue weighted by Gasteiger charge is -2.07. The van der Waals surface area contributed by atoms with E-state index in [1.807, 2.05) is 0 Å². The first kappa shape index (κ1) is 4.86. The molecular formula is C8H8O. The lowest BCUT2D eigenvalue weighted by molar-refractivity contribution is 0.350. The lowest BCUT2D eigenvalue weighted by Crippen LogP contribution is -1.95. The molecule has 1 nitrogen and oxygen atoms in total. The summed E-state index contributed by atoms with van der Waals surface area (Å²) in [5, 5.41) is 0. The van der Waals surface area contributed by atoms with Crippen molar-refractivity contribution in [2.24, 2.45) is 5.92 Å². The third-order valence-electron chi connectivity index (χ3n) is 1.62. The summed E-state index contributed by atoms with van der Waals surface area (Å²) in [6, 6.07) is 0. The lowest BCUT2D eigenvalue weighted by atomic mass is 10.0. The van der Waals surface area contributed by atoms with Crippen molar-refractivity contribution in [1.29, 1.82) is 0 Å². The van der Waals surface area contributed by atoms with E-state index in [1.54, 1.807) is 6.26 Å². The maximum Gasteiger partial charge on any atom is 0.110 e. The van der Waals surface area contributed by atoms with Crippen molar-refractivity contribution in [3.05, 3.63) is 36.3 Å². The van der Waals surface area contributed by atoms with Gasteiger partial charge in [0.2, 0.25) is 0 Å². The van der Waals surface area contributed by atoms with Gasteiger partial charge >= 0.3 is 0 Å². The zero-order valence-electron chi connectivity index (χ0n) is 5.08. The number of hydrogen-bond donors (Lipinski definition) is 0. The second-order valence-electron chi connectivity index (χ2n) is 2.24. The molecule has 0 aromatic carbocycles. The minimum Gasteiger partial charge on any atom is -0.469 e. The van der Waals surface area contributed by atoms with E-state index in [0.717, 1.165) is 12.2 Å². The molecule has 0 bridgehead atoms. The van der Waals surface area contributed by atoms with Crippen LogP contribution in [0.2, 0.25) is 0 Å². The minimum atomic E-state index is 0.443. The molecule has 1 aliphatic heterocycles. The summed E-state index contributed by atoms with van der Waals surface area (Å²) in [5.74, 6) is 1.54. The molecule has 0 amide bonds. The van der Waals surface area contributed by atoms with Crippen molar-refractivity contribution >= 4 is 0 Å². The Kier molecular flexibility index (Phi) is 0.950. The summed E-state index contributed by atoms with van der Waals surface area (Å²) < 4.78 is 5.19. The van der Waals surface area contributed by atoms with Crippen LogP contribution in [0.4, 0.5) is 0 Å². The van der Waals surface area contributed by atoms with Crippen molar-refractivity contribution < 1.29 is 4.74 Å². The molecule has 0 N–H and O–H groups in total. The maximum absolute atomic E-state index is 5.19. The zero-order chi connectivity index (χ0) is 6.10. The van der Waals surface area contributed by atoms with Gasteiger partial charge in [-0.2, -0.15) is 0 Å². The highest BCUT2D eigenvalue weighted by molar-refractivity contribution is 5.24. The largest absolute Gasteiger partial charge is 0.469 e. The van der Waals surface area contributed by atoms with Gasteiger partial charge in [0.05, 0.1) is 12.2 Å². The number of allylic oxidation sites excluding steroid dienone is 3. The molecule has 0 saturated heterocycles. The summed E-state index contributed by atoms with van der Waals surface area (Å²) in [6.45, 7) is 0. The highest BCUT2D eigenvalue weighted by Gasteiger charge is 2.15. The number of hydrogen-bond acceptors (Lipinski definition) is 1. The van der Waals surface area contributed by atoms with Crippen LogP contribution in [-0.4, -0.2) is 0 Å². The molecule has 0 aromatic rings. The van der Waals surface area contributed by atoms with Crippen LogP contribution < -0.4 is 0 Å². The van der Waals surface area contributed by atoms with Gasteiger partial charge in [0, 0.05) is 0 Å². The van der Waals surface area contributed by atoms with E-state index in [2.05, 4.69) is 24.3 Å². The number of ether oxygens (including phenoxy) is 1. The first-order chi connectivity index (χ1) is 4.47. The van der Waals surface area contributed by atoms with Crippen LogP contribution in [0.15, 0.2) is 36.3 Å². The molecule has 1 aliphatic carbocycles. The van der Waals surface area contributed by atoms with Crippen molar-refractivity contribution in [3.63, 3.8) is 0 Å². The molecule has 2 aliphatic rings. The molecule has 1 atom stereocenters. The van der Waals surface area contributed by atoms with Crippen LogP contribution in [0.5, 0.6) is 0 Å². The molecule has 2 rings (SSSR count). The van der Waals surface area contributed by atoms with Crippen LogP contribution in [0.1, 0.15) is 6.42 Å². The molecule has 0 radical (unpaired) electrons. The molecule has 9 heavy (non-hydrogen) atoms. The van der Waals surface area contributed by atoms with E-state index in [0.29, 0.717) is 5.92 Å². The quantitative estimate of drug-likeness (QED) is 0.444. The summed E-state index contributed by atoms with van der Waals surface area (Å²) in [4.78, 5) is 0. The predicted molar refractivity (Wildman–Crippen MR) is 35.6 cm³/mol. The van der Waals surface area contributed by atoms with E-state index < -0.39 is 0 Å². The van der Waals surface area contributed by atoms with Crippen molar-refractivity contribution in [1.82, 2.24) is 0 Å². The van der Waals surface area contributed by atoms with Crippen LogP contribution in [0.25, 0.3) is 0 Å². The van der Waals surface area contributed by atoms with E-state index in [9.17, 15) is 0 Å². The molecule has 0 spiro atoms. The van der Waals surface area contributed by atoms with Gasteiger partial charge in [0.1, 0.15) is 5.76 Å². The monoisotopic (exact) mass is 120 g/mol. The molecule has 46 valence electrons.